The highest BCUT2D eigenvalue weighted by atomic mass is 35.5. The molecule has 0 aliphatic rings. The summed E-state index contributed by atoms with van der Waals surface area (Å²) >= 11 is 5.88. The van der Waals surface area contributed by atoms with Gasteiger partial charge in [-0.2, -0.15) is 0 Å². The zero-order chi connectivity index (χ0) is 10.7. The fourth-order valence-electron chi connectivity index (χ4n) is 1.60. The van der Waals surface area contributed by atoms with Crippen LogP contribution in [0, 0.1) is 0 Å². The van der Waals surface area contributed by atoms with Crippen LogP contribution in [0.15, 0.2) is 30.3 Å². The number of rotatable bonds is 3. The SMILES string of the molecule is COCCc1cccc2ccc(Cl)nc12. The van der Waals surface area contributed by atoms with Gasteiger partial charge in [0.2, 0.25) is 0 Å². The van der Waals surface area contributed by atoms with E-state index in [4.69, 9.17) is 16.3 Å². The zero-order valence-electron chi connectivity index (χ0n) is 8.53. The van der Waals surface area contributed by atoms with Crippen LogP contribution in [-0.2, 0) is 11.2 Å². The highest BCUT2D eigenvalue weighted by Gasteiger charge is 2.02. The Balaban J connectivity index is 2.48. The Morgan fingerprint density at radius 2 is 2.13 bits per heavy atom. The van der Waals surface area contributed by atoms with Crippen molar-refractivity contribution in [3.05, 3.63) is 41.0 Å². The zero-order valence-corrected chi connectivity index (χ0v) is 9.29. The normalized spacial score (nSPS) is 10.8. The van der Waals surface area contributed by atoms with Crippen LogP contribution in [0.4, 0.5) is 0 Å². The average molecular weight is 222 g/mol. The number of fused-ring (bicyclic) bond motifs is 1. The van der Waals surface area contributed by atoms with Crippen LogP contribution in [0.2, 0.25) is 5.15 Å². The molecule has 0 bridgehead atoms. The predicted molar refractivity (Wildman–Crippen MR) is 62.3 cm³/mol. The highest BCUT2D eigenvalue weighted by Crippen LogP contribution is 2.19. The van der Waals surface area contributed by atoms with Crippen molar-refractivity contribution < 1.29 is 4.74 Å². The first-order chi connectivity index (χ1) is 7.31. The van der Waals surface area contributed by atoms with E-state index in [9.17, 15) is 0 Å². The van der Waals surface area contributed by atoms with Crippen LogP contribution in [0.1, 0.15) is 5.56 Å². The second-order valence-corrected chi connectivity index (χ2v) is 3.75. The lowest BCUT2D eigenvalue weighted by Gasteiger charge is -2.05. The molecule has 0 N–H and O–H groups in total. The number of hydrogen-bond acceptors (Lipinski definition) is 2. The van der Waals surface area contributed by atoms with Gasteiger partial charge in [0.25, 0.3) is 0 Å². The number of ether oxygens (including phenoxy) is 1. The molecule has 1 aromatic carbocycles. The van der Waals surface area contributed by atoms with Gasteiger partial charge >= 0.3 is 0 Å². The number of halogens is 1. The Morgan fingerprint density at radius 3 is 2.93 bits per heavy atom. The second kappa shape index (κ2) is 4.60. The monoisotopic (exact) mass is 221 g/mol. The van der Waals surface area contributed by atoms with E-state index in [1.807, 2.05) is 24.3 Å². The van der Waals surface area contributed by atoms with Crippen molar-refractivity contribution in [3.63, 3.8) is 0 Å². The van der Waals surface area contributed by atoms with Crippen LogP contribution in [0.5, 0.6) is 0 Å². The molecular formula is C12H12ClNO. The Kier molecular flexibility index (Phi) is 3.19. The summed E-state index contributed by atoms with van der Waals surface area (Å²) in [6.45, 7) is 0.702. The average Bonchev–Trinajstić information content (AvgIpc) is 2.26. The lowest BCUT2D eigenvalue weighted by molar-refractivity contribution is 0.202. The maximum atomic E-state index is 5.88. The Morgan fingerprint density at radius 1 is 1.27 bits per heavy atom. The first-order valence-corrected chi connectivity index (χ1v) is 5.22. The van der Waals surface area contributed by atoms with Crippen molar-refractivity contribution in [3.8, 4) is 0 Å². The lowest BCUT2D eigenvalue weighted by Crippen LogP contribution is -1.96. The first kappa shape index (κ1) is 10.4. The van der Waals surface area contributed by atoms with E-state index in [0.29, 0.717) is 11.8 Å². The molecule has 1 heterocycles. The maximum absolute atomic E-state index is 5.88. The molecule has 78 valence electrons. The second-order valence-electron chi connectivity index (χ2n) is 3.37. The summed E-state index contributed by atoms with van der Waals surface area (Å²) in [6.07, 6.45) is 0.862. The van der Waals surface area contributed by atoms with Crippen LogP contribution in [0.25, 0.3) is 10.9 Å². The number of para-hydroxylation sites is 1. The standard InChI is InChI=1S/C12H12ClNO/c1-15-8-7-10-4-2-3-9-5-6-11(13)14-12(9)10/h2-6H,7-8H2,1H3. The Bertz CT molecular complexity index is 470. The molecule has 3 heteroatoms. The minimum Gasteiger partial charge on any atom is -0.384 e. The molecule has 0 saturated carbocycles. The molecule has 0 atom stereocenters. The maximum Gasteiger partial charge on any atom is 0.129 e. The number of hydrogen-bond donors (Lipinski definition) is 0. The number of nitrogens with zero attached hydrogens (tertiary/aromatic N) is 1. The van der Waals surface area contributed by atoms with Gasteiger partial charge in [0, 0.05) is 12.5 Å². The summed E-state index contributed by atoms with van der Waals surface area (Å²) in [5.74, 6) is 0. The third-order valence-electron chi connectivity index (χ3n) is 2.35. The predicted octanol–water partition coefficient (Wildman–Crippen LogP) is 3.08. The van der Waals surface area contributed by atoms with Crippen molar-refractivity contribution in [2.45, 2.75) is 6.42 Å². The van der Waals surface area contributed by atoms with E-state index in [1.165, 1.54) is 5.56 Å². The Labute approximate surface area is 93.8 Å². The van der Waals surface area contributed by atoms with E-state index in [0.717, 1.165) is 17.3 Å². The molecule has 1 aromatic heterocycles. The van der Waals surface area contributed by atoms with Gasteiger partial charge in [-0.05, 0) is 24.1 Å². The van der Waals surface area contributed by atoms with Gasteiger partial charge in [-0.15, -0.1) is 0 Å². The summed E-state index contributed by atoms with van der Waals surface area (Å²) in [5, 5.41) is 1.65. The van der Waals surface area contributed by atoms with Gasteiger partial charge in [0.15, 0.2) is 0 Å². The fourth-order valence-corrected chi connectivity index (χ4v) is 1.75. The van der Waals surface area contributed by atoms with Gasteiger partial charge in [-0.3, -0.25) is 0 Å². The van der Waals surface area contributed by atoms with Crippen LogP contribution in [-0.4, -0.2) is 18.7 Å². The molecule has 0 saturated heterocycles. The molecule has 2 aromatic rings. The smallest absolute Gasteiger partial charge is 0.129 e. The van der Waals surface area contributed by atoms with Crippen LogP contribution >= 0.6 is 11.6 Å². The van der Waals surface area contributed by atoms with Gasteiger partial charge < -0.3 is 4.74 Å². The number of aromatic nitrogens is 1. The van der Waals surface area contributed by atoms with Crippen LogP contribution in [0.3, 0.4) is 0 Å². The van der Waals surface area contributed by atoms with Crippen molar-refractivity contribution in [1.82, 2.24) is 4.98 Å². The molecule has 0 amide bonds. The lowest BCUT2D eigenvalue weighted by atomic mass is 10.1. The molecule has 0 fully saturated rings. The third kappa shape index (κ3) is 2.28. The van der Waals surface area contributed by atoms with Crippen molar-refractivity contribution in [2.24, 2.45) is 0 Å². The minimum absolute atomic E-state index is 0.535. The number of pyridine rings is 1. The molecular weight excluding hydrogens is 210 g/mol. The summed E-state index contributed by atoms with van der Waals surface area (Å²) in [5.41, 5.74) is 2.15. The van der Waals surface area contributed by atoms with E-state index >= 15 is 0 Å². The molecule has 0 unspecified atom stereocenters. The van der Waals surface area contributed by atoms with Gasteiger partial charge in [-0.25, -0.2) is 4.98 Å². The van der Waals surface area contributed by atoms with Crippen molar-refractivity contribution >= 4 is 22.5 Å². The summed E-state index contributed by atoms with van der Waals surface area (Å²) < 4.78 is 5.06. The quantitative estimate of drug-likeness (QED) is 0.744. The van der Waals surface area contributed by atoms with E-state index < -0.39 is 0 Å². The highest BCUT2D eigenvalue weighted by molar-refractivity contribution is 6.29. The molecule has 15 heavy (non-hydrogen) atoms. The topological polar surface area (TPSA) is 22.1 Å². The van der Waals surface area contributed by atoms with Gasteiger partial charge in [0.1, 0.15) is 5.15 Å². The largest absolute Gasteiger partial charge is 0.384 e. The molecule has 0 aliphatic heterocycles. The Hall–Kier alpha value is -1.12. The van der Waals surface area contributed by atoms with Crippen molar-refractivity contribution in [1.29, 1.82) is 0 Å². The summed E-state index contributed by atoms with van der Waals surface area (Å²) in [4.78, 5) is 4.34. The molecule has 0 aliphatic carbocycles. The van der Waals surface area contributed by atoms with Gasteiger partial charge in [0.05, 0.1) is 12.1 Å². The van der Waals surface area contributed by atoms with Gasteiger partial charge in [-0.1, -0.05) is 29.8 Å². The van der Waals surface area contributed by atoms with E-state index in [1.54, 1.807) is 7.11 Å². The summed E-state index contributed by atoms with van der Waals surface area (Å²) in [7, 11) is 1.70. The number of benzene rings is 1. The van der Waals surface area contributed by atoms with E-state index in [2.05, 4.69) is 11.1 Å². The molecule has 2 nitrogen and oxygen atoms in total. The van der Waals surface area contributed by atoms with Crippen LogP contribution < -0.4 is 0 Å². The fraction of sp³-hybridized carbons (Fsp3) is 0.250. The summed E-state index contributed by atoms with van der Waals surface area (Å²) in [6, 6.07) is 9.92. The van der Waals surface area contributed by atoms with Crippen molar-refractivity contribution in [2.75, 3.05) is 13.7 Å². The van der Waals surface area contributed by atoms with E-state index in [-0.39, 0.29) is 0 Å². The third-order valence-corrected chi connectivity index (χ3v) is 2.56. The minimum atomic E-state index is 0.535. The molecule has 0 spiro atoms. The molecule has 0 radical (unpaired) electrons. The first-order valence-electron chi connectivity index (χ1n) is 4.84. The molecule has 2 rings (SSSR count). The number of methoxy groups -OCH3 is 1.